The normalized spacial score (nSPS) is 20.6. The van der Waals surface area contributed by atoms with E-state index in [-0.39, 0.29) is 5.91 Å². The van der Waals surface area contributed by atoms with E-state index in [1.807, 2.05) is 12.1 Å². The minimum atomic E-state index is -0.0333. The average Bonchev–Trinajstić information content (AvgIpc) is 3.68. The fraction of sp³-hybridized carbons (Fsp3) is 0.567. The number of benzene rings is 1. The Balaban J connectivity index is 1.11. The Morgan fingerprint density at radius 2 is 1.47 bits per heavy atom. The number of carbonyl (C=O) groups excluding carboxylic acids is 1. The average molecular weight is 518 g/mol. The zero-order valence-corrected chi connectivity index (χ0v) is 22.7. The van der Waals surface area contributed by atoms with Crippen LogP contribution in [0.4, 0.5) is 0 Å². The van der Waals surface area contributed by atoms with Crippen LogP contribution in [0, 0.1) is 0 Å². The number of carbonyl (C=O) groups is 1. The second-order valence-corrected chi connectivity index (χ2v) is 10.9. The quantitative estimate of drug-likeness (QED) is 0.332. The molecule has 0 spiro atoms. The van der Waals surface area contributed by atoms with Crippen molar-refractivity contribution in [2.45, 2.75) is 102 Å². The van der Waals surface area contributed by atoms with Crippen molar-refractivity contribution < 1.29 is 4.79 Å². The Bertz CT molecular complexity index is 1050. The lowest BCUT2D eigenvalue weighted by atomic mass is 9.86. The predicted molar refractivity (Wildman–Crippen MR) is 149 cm³/mol. The highest BCUT2D eigenvalue weighted by molar-refractivity contribution is 5.94. The minimum Gasteiger partial charge on any atom is -0.347 e. The van der Waals surface area contributed by atoms with Gasteiger partial charge < -0.3 is 20.2 Å². The molecule has 1 aromatic carbocycles. The summed E-state index contributed by atoms with van der Waals surface area (Å²) >= 11 is 0. The number of amides is 1. The molecule has 204 valence electrons. The van der Waals surface area contributed by atoms with E-state index in [1.54, 1.807) is 29.7 Å². The van der Waals surface area contributed by atoms with Gasteiger partial charge >= 0.3 is 0 Å². The van der Waals surface area contributed by atoms with E-state index in [4.69, 9.17) is 0 Å². The number of hydrogen-bond donors (Lipinski definition) is 3. The summed E-state index contributed by atoms with van der Waals surface area (Å²) in [6, 6.07) is 10.2. The van der Waals surface area contributed by atoms with Crippen LogP contribution >= 0.6 is 0 Å². The van der Waals surface area contributed by atoms with Crippen molar-refractivity contribution in [1.82, 2.24) is 35.1 Å². The highest BCUT2D eigenvalue weighted by atomic mass is 16.2. The van der Waals surface area contributed by atoms with Crippen molar-refractivity contribution in [2.24, 2.45) is 0 Å². The highest BCUT2D eigenvalue weighted by Gasteiger charge is 2.30. The van der Waals surface area contributed by atoms with E-state index in [1.165, 1.54) is 69.9 Å². The molecule has 5 rings (SSSR count). The van der Waals surface area contributed by atoms with Crippen molar-refractivity contribution in [3.63, 3.8) is 0 Å². The largest absolute Gasteiger partial charge is 0.347 e. The second kappa shape index (κ2) is 13.2. The lowest BCUT2D eigenvalue weighted by Crippen LogP contribution is -2.47. The van der Waals surface area contributed by atoms with Gasteiger partial charge in [0.25, 0.3) is 5.91 Å². The fourth-order valence-electron chi connectivity index (χ4n) is 6.38. The number of aromatic amines is 2. The molecule has 0 radical (unpaired) electrons. The van der Waals surface area contributed by atoms with Crippen LogP contribution in [0.3, 0.4) is 0 Å². The zero-order chi connectivity index (χ0) is 26.2. The maximum Gasteiger partial charge on any atom is 0.254 e. The molecule has 8 heteroatoms. The van der Waals surface area contributed by atoms with E-state index >= 15 is 0 Å². The first kappa shape index (κ1) is 26.6. The lowest BCUT2D eigenvalue weighted by Gasteiger charge is -2.42. The summed E-state index contributed by atoms with van der Waals surface area (Å²) < 4.78 is 0. The molecule has 0 saturated heterocycles. The minimum absolute atomic E-state index is 0.0333. The first-order chi connectivity index (χ1) is 18.7. The number of H-pyrrole nitrogens is 2. The molecule has 3 N–H and O–H groups in total. The van der Waals surface area contributed by atoms with Gasteiger partial charge in [0, 0.05) is 55.0 Å². The summed E-state index contributed by atoms with van der Waals surface area (Å²) in [5.74, 6) is 1.47. The first-order valence-corrected chi connectivity index (χ1v) is 14.5. The van der Waals surface area contributed by atoms with Gasteiger partial charge in [-0.1, -0.05) is 38.3 Å². The topological polar surface area (TPSA) is 92.9 Å². The van der Waals surface area contributed by atoms with Crippen LogP contribution in [0.5, 0.6) is 0 Å². The van der Waals surface area contributed by atoms with Crippen LogP contribution in [0.1, 0.15) is 92.3 Å². The molecule has 1 amide bonds. The van der Waals surface area contributed by atoms with Gasteiger partial charge in [0.05, 0.1) is 13.1 Å². The van der Waals surface area contributed by atoms with Crippen molar-refractivity contribution in [3.05, 3.63) is 71.8 Å². The molecular weight excluding hydrogens is 474 g/mol. The molecule has 2 aliphatic rings. The maximum atomic E-state index is 13.4. The van der Waals surface area contributed by atoms with Crippen LogP contribution in [0.2, 0.25) is 0 Å². The smallest absolute Gasteiger partial charge is 0.254 e. The van der Waals surface area contributed by atoms with Crippen molar-refractivity contribution in [1.29, 1.82) is 0 Å². The summed E-state index contributed by atoms with van der Waals surface area (Å²) in [4.78, 5) is 32.7. The molecule has 2 aliphatic carbocycles. The maximum absolute atomic E-state index is 13.4. The van der Waals surface area contributed by atoms with Crippen molar-refractivity contribution in [2.75, 3.05) is 6.54 Å². The van der Waals surface area contributed by atoms with Gasteiger partial charge in [-0.2, -0.15) is 0 Å². The van der Waals surface area contributed by atoms with Gasteiger partial charge in [0.2, 0.25) is 0 Å². The van der Waals surface area contributed by atoms with Crippen LogP contribution < -0.4 is 5.32 Å². The van der Waals surface area contributed by atoms with E-state index in [2.05, 4.69) is 49.2 Å². The third-order valence-corrected chi connectivity index (χ3v) is 8.45. The molecule has 2 aromatic heterocycles. The number of rotatable bonds is 11. The Hall–Kier alpha value is -2.97. The number of imidazole rings is 2. The SMILES string of the molecule is CCN(C1CCCCC1)C1CCC(NCc2ccc(C(=O)N(Cc3ncc[nH]3)Cc3ncc[nH]3)cc2)CC1. The molecule has 0 bridgehead atoms. The van der Waals surface area contributed by atoms with Crippen molar-refractivity contribution in [3.8, 4) is 0 Å². The van der Waals surface area contributed by atoms with Gasteiger partial charge in [-0.3, -0.25) is 9.69 Å². The lowest BCUT2D eigenvalue weighted by molar-refractivity contribution is 0.0721. The van der Waals surface area contributed by atoms with Gasteiger partial charge in [0.15, 0.2) is 0 Å². The number of nitrogens with zero attached hydrogens (tertiary/aromatic N) is 4. The Labute approximate surface area is 226 Å². The second-order valence-electron chi connectivity index (χ2n) is 10.9. The molecule has 3 aromatic rings. The zero-order valence-electron chi connectivity index (χ0n) is 22.7. The standard InChI is InChI=1S/C30H43N7O/c1-2-37(26-6-4-3-5-7-26)27-14-12-25(13-15-27)35-20-23-8-10-24(11-9-23)30(38)36(21-28-31-16-17-32-28)22-29-33-18-19-34-29/h8-11,16-19,25-27,35H,2-7,12-15,20-22H2,1H3,(H,31,32)(H,33,34). The monoisotopic (exact) mass is 517 g/mol. The van der Waals surface area contributed by atoms with Crippen molar-refractivity contribution >= 4 is 5.91 Å². The molecule has 0 aliphatic heterocycles. The van der Waals surface area contributed by atoms with Crippen LogP contribution in [-0.2, 0) is 19.6 Å². The number of aromatic nitrogens is 4. The summed E-state index contributed by atoms with van der Waals surface area (Å²) in [6.07, 6.45) is 19.1. The molecule has 2 heterocycles. The van der Waals surface area contributed by atoms with E-state index in [0.29, 0.717) is 24.7 Å². The molecule has 2 saturated carbocycles. The molecule has 2 fully saturated rings. The van der Waals surface area contributed by atoms with Gasteiger partial charge in [0.1, 0.15) is 11.6 Å². The summed E-state index contributed by atoms with van der Waals surface area (Å²) in [6.45, 7) is 5.18. The first-order valence-electron chi connectivity index (χ1n) is 14.5. The summed E-state index contributed by atoms with van der Waals surface area (Å²) in [5, 5.41) is 3.79. The van der Waals surface area contributed by atoms with E-state index in [0.717, 1.165) is 30.3 Å². The van der Waals surface area contributed by atoms with Gasteiger partial charge in [-0.05, 0) is 62.8 Å². The van der Waals surface area contributed by atoms with Crippen LogP contribution in [0.25, 0.3) is 0 Å². The van der Waals surface area contributed by atoms with Crippen LogP contribution in [0.15, 0.2) is 49.1 Å². The number of nitrogens with one attached hydrogen (secondary N) is 3. The Morgan fingerprint density at radius 1 is 0.868 bits per heavy atom. The third kappa shape index (κ3) is 6.91. The summed E-state index contributed by atoms with van der Waals surface area (Å²) in [7, 11) is 0. The van der Waals surface area contributed by atoms with E-state index in [9.17, 15) is 4.79 Å². The van der Waals surface area contributed by atoms with Gasteiger partial charge in [-0.15, -0.1) is 0 Å². The van der Waals surface area contributed by atoms with Crippen LogP contribution in [-0.4, -0.2) is 60.3 Å². The highest BCUT2D eigenvalue weighted by Crippen LogP contribution is 2.30. The molecule has 8 nitrogen and oxygen atoms in total. The Morgan fingerprint density at radius 3 is 2.03 bits per heavy atom. The molecule has 0 atom stereocenters. The van der Waals surface area contributed by atoms with E-state index < -0.39 is 0 Å². The number of hydrogen-bond acceptors (Lipinski definition) is 5. The predicted octanol–water partition coefficient (Wildman–Crippen LogP) is 5.03. The summed E-state index contributed by atoms with van der Waals surface area (Å²) in [5.41, 5.74) is 1.89. The molecule has 38 heavy (non-hydrogen) atoms. The fourth-order valence-corrected chi connectivity index (χ4v) is 6.38. The molecule has 0 unspecified atom stereocenters. The Kier molecular flexibility index (Phi) is 9.25. The van der Waals surface area contributed by atoms with Gasteiger partial charge in [-0.25, -0.2) is 9.97 Å². The third-order valence-electron chi connectivity index (χ3n) is 8.45. The molecular formula is C30H43N7O.